The molecule has 0 aromatic heterocycles. The van der Waals surface area contributed by atoms with E-state index in [1.807, 2.05) is 12.1 Å². The molecule has 18 heavy (non-hydrogen) atoms. The molecule has 1 aromatic carbocycles. The Morgan fingerprint density at radius 1 is 1.06 bits per heavy atom. The second-order valence-electron chi connectivity index (χ2n) is 5.59. The van der Waals surface area contributed by atoms with Crippen molar-refractivity contribution in [3.63, 3.8) is 0 Å². The van der Waals surface area contributed by atoms with Crippen LogP contribution in [0.3, 0.4) is 0 Å². The summed E-state index contributed by atoms with van der Waals surface area (Å²) in [4.78, 5) is 24.1. The quantitative estimate of drug-likeness (QED) is 0.696. The van der Waals surface area contributed by atoms with Gasteiger partial charge in [-0.3, -0.25) is 9.59 Å². The predicted molar refractivity (Wildman–Crippen MR) is 67.9 cm³/mol. The van der Waals surface area contributed by atoms with Crippen LogP contribution in [0.5, 0.6) is 0 Å². The van der Waals surface area contributed by atoms with Crippen LogP contribution >= 0.6 is 0 Å². The summed E-state index contributed by atoms with van der Waals surface area (Å²) in [7, 11) is 0. The number of hydrogen-bond acceptors (Lipinski definition) is 2. The van der Waals surface area contributed by atoms with Crippen LogP contribution in [-0.4, -0.2) is 11.6 Å². The zero-order chi connectivity index (χ0) is 12.3. The molecule has 0 spiro atoms. The predicted octanol–water partition coefficient (Wildman–Crippen LogP) is 2.56. The molecule has 1 saturated carbocycles. The Bertz CT molecular complexity index is 609. The molecule has 0 bridgehead atoms. The summed E-state index contributed by atoms with van der Waals surface area (Å²) < 4.78 is 0. The van der Waals surface area contributed by atoms with Gasteiger partial charge in [0.05, 0.1) is 0 Å². The Morgan fingerprint density at radius 3 is 2.78 bits per heavy atom. The van der Waals surface area contributed by atoms with Crippen molar-refractivity contribution in [3.05, 3.63) is 41.0 Å². The summed E-state index contributed by atoms with van der Waals surface area (Å²) in [5.41, 5.74) is 4.68. The zero-order valence-electron chi connectivity index (χ0n) is 10.1. The van der Waals surface area contributed by atoms with E-state index >= 15 is 0 Å². The lowest BCUT2D eigenvalue weighted by Crippen LogP contribution is -2.27. The standard InChI is InChI=1S/C16H14O2/c17-10-5-6-12-13-7-9-3-1-2-4-11(9)15(13)16(18)14(12)8-10/h1-4,12,14H,5-8H2. The van der Waals surface area contributed by atoms with E-state index in [1.54, 1.807) is 0 Å². The second-order valence-corrected chi connectivity index (χ2v) is 5.59. The van der Waals surface area contributed by atoms with Gasteiger partial charge in [0.15, 0.2) is 5.78 Å². The third-order valence-corrected chi connectivity index (χ3v) is 4.69. The molecule has 2 atom stereocenters. The van der Waals surface area contributed by atoms with Crippen molar-refractivity contribution < 1.29 is 9.59 Å². The van der Waals surface area contributed by atoms with E-state index in [0.717, 1.165) is 24.0 Å². The smallest absolute Gasteiger partial charge is 0.167 e. The molecular formula is C16H14O2. The van der Waals surface area contributed by atoms with Crippen molar-refractivity contribution in [2.75, 3.05) is 0 Å². The lowest BCUT2D eigenvalue weighted by molar-refractivity contribution is -0.127. The normalized spacial score (nSPS) is 29.3. The third-order valence-electron chi connectivity index (χ3n) is 4.69. The number of carbonyl (C=O) groups excluding carboxylic acids is 2. The van der Waals surface area contributed by atoms with Gasteiger partial charge >= 0.3 is 0 Å². The molecular weight excluding hydrogens is 224 g/mol. The van der Waals surface area contributed by atoms with Gasteiger partial charge in [0.1, 0.15) is 5.78 Å². The van der Waals surface area contributed by atoms with E-state index in [-0.39, 0.29) is 17.5 Å². The summed E-state index contributed by atoms with van der Waals surface area (Å²) in [5.74, 6) is 0.800. The molecule has 3 aliphatic carbocycles. The maximum atomic E-state index is 12.5. The van der Waals surface area contributed by atoms with E-state index in [4.69, 9.17) is 0 Å². The van der Waals surface area contributed by atoms with Gasteiger partial charge in [-0.1, -0.05) is 29.8 Å². The molecule has 1 fully saturated rings. The van der Waals surface area contributed by atoms with E-state index in [9.17, 15) is 9.59 Å². The first kappa shape index (κ1) is 10.2. The van der Waals surface area contributed by atoms with Crippen LogP contribution in [0.25, 0.3) is 5.57 Å². The van der Waals surface area contributed by atoms with Crippen molar-refractivity contribution in [1.29, 1.82) is 0 Å². The minimum Gasteiger partial charge on any atom is -0.300 e. The summed E-state index contributed by atoms with van der Waals surface area (Å²) in [6, 6.07) is 8.20. The fraction of sp³-hybridized carbons (Fsp3) is 0.375. The highest BCUT2D eigenvalue weighted by Gasteiger charge is 2.47. The fourth-order valence-corrected chi connectivity index (χ4v) is 3.88. The van der Waals surface area contributed by atoms with Crippen LogP contribution in [0.2, 0.25) is 0 Å². The molecule has 3 aliphatic rings. The molecule has 0 saturated heterocycles. The Labute approximate surface area is 106 Å². The monoisotopic (exact) mass is 238 g/mol. The summed E-state index contributed by atoms with van der Waals surface area (Å²) in [6.45, 7) is 0. The first-order valence-corrected chi connectivity index (χ1v) is 6.63. The second kappa shape index (κ2) is 3.41. The highest BCUT2D eigenvalue weighted by atomic mass is 16.1. The molecule has 2 heteroatoms. The van der Waals surface area contributed by atoms with Crippen molar-refractivity contribution in [3.8, 4) is 0 Å². The number of rotatable bonds is 0. The SMILES string of the molecule is O=C1CCC2C3=C(C(=O)C2C1)c1ccccc1C3. The van der Waals surface area contributed by atoms with Gasteiger partial charge in [-0.2, -0.15) is 0 Å². The highest BCUT2D eigenvalue weighted by Crippen LogP contribution is 2.51. The van der Waals surface area contributed by atoms with Crippen LogP contribution in [0.1, 0.15) is 30.4 Å². The van der Waals surface area contributed by atoms with Gasteiger partial charge < -0.3 is 0 Å². The molecule has 0 heterocycles. The minimum atomic E-state index is -0.0374. The first-order chi connectivity index (χ1) is 8.75. The van der Waals surface area contributed by atoms with Crippen molar-refractivity contribution in [2.24, 2.45) is 11.8 Å². The topological polar surface area (TPSA) is 34.1 Å². The van der Waals surface area contributed by atoms with Crippen LogP contribution in [-0.2, 0) is 16.0 Å². The molecule has 0 amide bonds. The van der Waals surface area contributed by atoms with Crippen LogP contribution in [0, 0.1) is 11.8 Å². The maximum Gasteiger partial charge on any atom is 0.167 e. The number of allylic oxidation sites excluding steroid dienone is 2. The average Bonchev–Trinajstić information content (AvgIpc) is 2.87. The van der Waals surface area contributed by atoms with Gasteiger partial charge in [0.2, 0.25) is 0 Å². The summed E-state index contributed by atoms with van der Waals surface area (Å²) >= 11 is 0. The van der Waals surface area contributed by atoms with Gasteiger partial charge in [0.25, 0.3) is 0 Å². The van der Waals surface area contributed by atoms with E-state index in [1.165, 1.54) is 11.1 Å². The lowest BCUT2D eigenvalue weighted by atomic mass is 9.76. The summed E-state index contributed by atoms with van der Waals surface area (Å²) in [5, 5.41) is 0. The highest BCUT2D eigenvalue weighted by molar-refractivity contribution is 6.27. The Hall–Kier alpha value is -1.70. The molecule has 4 rings (SSSR count). The number of Topliss-reactive ketones (excluding diaryl/α,β-unsaturated/α-hetero) is 2. The first-order valence-electron chi connectivity index (χ1n) is 6.63. The van der Waals surface area contributed by atoms with Gasteiger partial charge in [-0.05, 0) is 29.9 Å². The van der Waals surface area contributed by atoms with Gasteiger partial charge in [-0.15, -0.1) is 0 Å². The van der Waals surface area contributed by atoms with E-state index in [2.05, 4.69) is 12.1 Å². The minimum absolute atomic E-state index is 0.0374. The molecule has 0 aliphatic heterocycles. The molecule has 2 unspecified atom stereocenters. The van der Waals surface area contributed by atoms with E-state index < -0.39 is 0 Å². The maximum absolute atomic E-state index is 12.5. The number of carbonyl (C=O) groups is 2. The van der Waals surface area contributed by atoms with Gasteiger partial charge in [-0.25, -0.2) is 0 Å². The molecule has 2 nitrogen and oxygen atoms in total. The number of ketones is 2. The van der Waals surface area contributed by atoms with Crippen molar-refractivity contribution in [2.45, 2.75) is 25.7 Å². The van der Waals surface area contributed by atoms with E-state index in [0.29, 0.717) is 18.8 Å². The zero-order valence-corrected chi connectivity index (χ0v) is 10.1. The Morgan fingerprint density at radius 2 is 1.89 bits per heavy atom. The van der Waals surface area contributed by atoms with Crippen LogP contribution in [0.15, 0.2) is 29.8 Å². The molecule has 0 N–H and O–H groups in total. The fourth-order valence-electron chi connectivity index (χ4n) is 3.88. The Balaban J connectivity index is 1.82. The molecule has 0 radical (unpaired) electrons. The van der Waals surface area contributed by atoms with Crippen molar-refractivity contribution >= 4 is 17.1 Å². The lowest BCUT2D eigenvalue weighted by Gasteiger charge is -2.25. The largest absolute Gasteiger partial charge is 0.300 e. The average molecular weight is 238 g/mol. The number of benzene rings is 1. The number of fused-ring (bicyclic) bond motifs is 4. The third kappa shape index (κ3) is 1.18. The number of hydrogen-bond donors (Lipinski definition) is 0. The summed E-state index contributed by atoms with van der Waals surface area (Å²) in [6.07, 6.45) is 2.93. The molecule has 90 valence electrons. The van der Waals surface area contributed by atoms with Gasteiger partial charge in [0, 0.05) is 24.3 Å². The van der Waals surface area contributed by atoms with Crippen molar-refractivity contribution in [1.82, 2.24) is 0 Å². The Kier molecular flexibility index (Phi) is 1.94. The molecule has 1 aromatic rings. The van der Waals surface area contributed by atoms with Crippen LogP contribution in [0.4, 0.5) is 0 Å². The van der Waals surface area contributed by atoms with Crippen LogP contribution < -0.4 is 0 Å².